The van der Waals surface area contributed by atoms with Crippen LogP contribution in [0.4, 0.5) is 4.39 Å². The number of sulfonamides is 1. The number of carbonyl (C=O) groups excluding carboxylic acids is 2. The minimum Gasteiger partial charge on any atom is -0.336 e. The van der Waals surface area contributed by atoms with Gasteiger partial charge in [-0.05, 0) is 49.6 Å². The molecule has 2 aromatic rings. The summed E-state index contributed by atoms with van der Waals surface area (Å²) in [7, 11) is -3.82. The number of rotatable bonds is 7. The number of nitrogens with zero attached hydrogens (tertiary/aromatic N) is 1. The smallest absolute Gasteiger partial charge is 0.240 e. The fourth-order valence-electron chi connectivity index (χ4n) is 3.50. The molecule has 0 aliphatic carbocycles. The third kappa shape index (κ3) is 5.07. The molecule has 3 rings (SSSR count). The second kappa shape index (κ2) is 8.84. The predicted molar refractivity (Wildman–Crippen MR) is 106 cm³/mol. The van der Waals surface area contributed by atoms with Gasteiger partial charge in [0.1, 0.15) is 5.82 Å². The number of Topliss-reactive ketones (excluding diaryl/α,β-unsaturated/α-hetero) is 1. The van der Waals surface area contributed by atoms with Crippen LogP contribution in [-0.2, 0) is 14.8 Å². The van der Waals surface area contributed by atoms with Gasteiger partial charge < -0.3 is 4.90 Å². The Morgan fingerprint density at radius 2 is 1.90 bits per heavy atom. The Balaban J connectivity index is 1.61. The van der Waals surface area contributed by atoms with Crippen LogP contribution in [0.3, 0.4) is 0 Å². The fourth-order valence-corrected chi connectivity index (χ4v) is 4.58. The van der Waals surface area contributed by atoms with Gasteiger partial charge in [-0.2, -0.15) is 0 Å². The van der Waals surface area contributed by atoms with Crippen LogP contribution in [0.15, 0.2) is 53.4 Å². The summed E-state index contributed by atoms with van der Waals surface area (Å²) >= 11 is 0. The maximum atomic E-state index is 13.2. The van der Waals surface area contributed by atoms with Gasteiger partial charge in [0.2, 0.25) is 15.9 Å². The summed E-state index contributed by atoms with van der Waals surface area (Å²) < 4.78 is 40.5. The van der Waals surface area contributed by atoms with Crippen molar-refractivity contribution in [2.24, 2.45) is 0 Å². The SMILES string of the molecule is CC(=O)c1cccc(S(=O)(=O)NCCC(=O)N2CCCC2c2ccc(F)cc2)c1. The van der Waals surface area contributed by atoms with Gasteiger partial charge in [0.25, 0.3) is 0 Å². The lowest BCUT2D eigenvalue weighted by molar-refractivity contribution is -0.131. The lowest BCUT2D eigenvalue weighted by Gasteiger charge is -2.25. The van der Waals surface area contributed by atoms with E-state index in [4.69, 9.17) is 0 Å². The van der Waals surface area contributed by atoms with Crippen molar-refractivity contribution in [1.82, 2.24) is 9.62 Å². The van der Waals surface area contributed by atoms with E-state index in [0.717, 1.165) is 18.4 Å². The van der Waals surface area contributed by atoms with Crippen molar-refractivity contribution >= 4 is 21.7 Å². The highest BCUT2D eigenvalue weighted by Crippen LogP contribution is 2.32. The molecule has 1 saturated heterocycles. The summed E-state index contributed by atoms with van der Waals surface area (Å²) in [5.74, 6) is -0.706. The van der Waals surface area contributed by atoms with E-state index in [-0.39, 0.29) is 41.4 Å². The molecule has 0 spiro atoms. The molecule has 8 heteroatoms. The van der Waals surface area contributed by atoms with E-state index in [1.54, 1.807) is 23.1 Å². The molecule has 1 unspecified atom stereocenters. The molecule has 6 nitrogen and oxygen atoms in total. The zero-order valence-electron chi connectivity index (χ0n) is 16.1. The van der Waals surface area contributed by atoms with E-state index < -0.39 is 10.0 Å². The van der Waals surface area contributed by atoms with Crippen molar-refractivity contribution in [2.75, 3.05) is 13.1 Å². The topological polar surface area (TPSA) is 83.5 Å². The molecule has 29 heavy (non-hydrogen) atoms. The summed E-state index contributed by atoms with van der Waals surface area (Å²) in [5, 5.41) is 0. The number of nitrogens with one attached hydrogen (secondary N) is 1. The number of carbonyl (C=O) groups is 2. The van der Waals surface area contributed by atoms with Crippen molar-refractivity contribution in [3.8, 4) is 0 Å². The Labute approximate surface area is 169 Å². The Kier molecular flexibility index (Phi) is 6.44. The number of likely N-dealkylation sites (tertiary alicyclic amines) is 1. The third-order valence-electron chi connectivity index (χ3n) is 5.01. The monoisotopic (exact) mass is 418 g/mol. The number of hydrogen-bond acceptors (Lipinski definition) is 4. The van der Waals surface area contributed by atoms with Crippen LogP contribution < -0.4 is 4.72 Å². The van der Waals surface area contributed by atoms with Crippen LogP contribution in [0.2, 0.25) is 0 Å². The second-order valence-corrected chi connectivity index (χ2v) is 8.80. The van der Waals surface area contributed by atoms with Crippen LogP contribution >= 0.6 is 0 Å². The zero-order valence-corrected chi connectivity index (χ0v) is 16.9. The van der Waals surface area contributed by atoms with E-state index in [9.17, 15) is 22.4 Å². The molecule has 2 aromatic carbocycles. The number of halogens is 1. The van der Waals surface area contributed by atoms with Gasteiger partial charge in [0.05, 0.1) is 10.9 Å². The highest BCUT2D eigenvalue weighted by atomic mass is 32.2. The summed E-state index contributed by atoms with van der Waals surface area (Å²) in [6, 6.07) is 11.8. The molecule has 0 aromatic heterocycles. The molecule has 0 bridgehead atoms. The maximum absolute atomic E-state index is 13.2. The van der Waals surface area contributed by atoms with E-state index in [1.807, 2.05) is 0 Å². The van der Waals surface area contributed by atoms with Gasteiger partial charge in [0.15, 0.2) is 5.78 Å². The summed E-state index contributed by atoms with van der Waals surface area (Å²) in [6.45, 7) is 1.91. The van der Waals surface area contributed by atoms with Gasteiger partial charge in [-0.3, -0.25) is 9.59 Å². The quantitative estimate of drug-likeness (QED) is 0.701. The van der Waals surface area contributed by atoms with E-state index in [2.05, 4.69) is 4.72 Å². The van der Waals surface area contributed by atoms with Crippen LogP contribution in [0.1, 0.15) is 48.1 Å². The molecule has 1 N–H and O–H groups in total. The summed E-state index contributed by atoms with van der Waals surface area (Å²) in [4.78, 5) is 25.8. The average Bonchev–Trinajstić information content (AvgIpc) is 3.18. The van der Waals surface area contributed by atoms with Crippen molar-refractivity contribution in [3.05, 3.63) is 65.5 Å². The van der Waals surface area contributed by atoms with Crippen LogP contribution in [-0.4, -0.2) is 38.1 Å². The molecule has 0 saturated carbocycles. The summed E-state index contributed by atoms with van der Waals surface area (Å²) in [5.41, 5.74) is 1.18. The van der Waals surface area contributed by atoms with Gasteiger partial charge in [0, 0.05) is 25.1 Å². The van der Waals surface area contributed by atoms with Crippen molar-refractivity contribution in [2.45, 2.75) is 37.1 Å². The van der Waals surface area contributed by atoms with Crippen LogP contribution in [0.25, 0.3) is 0 Å². The first-order valence-corrected chi connectivity index (χ1v) is 10.9. The predicted octanol–water partition coefficient (Wildman–Crippen LogP) is 3.06. The minimum absolute atomic E-state index is 0.0111. The van der Waals surface area contributed by atoms with E-state index in [0.29, 0.717) is 12.1 Å². The largest absolute Gasteiger partial charge is 0.336 e. The van der Waals surface area contributed by atoms with Crippen molar-refractivity contribution in [3.63, 3.8) is 0 Å². The highest BCUT2D eigenvalue weighted by molar-refractivity contribution is 7.89. The molecular weight excluding hydrogens is 395 g/mol. The first-order chi connectivity index (χ1) is 13.8. The first-order valence-electron chi connectivity index (χ1n) is 9.43. The first kappa shape index (κ1) is 21.1. The van der Waals surface area contributed by atoms with Crippen LogP contribution in [0, 0.1) is 5.82 Å². The standard InChI is InChI=1S/C21H23FN2O4S/c1-15(25)17-4-2-5-19(14-17)29(27,28)23-12-11-21(26)24-13-3-6-20(24)16-7-9-18(22)10-8-16/h2,4-5,7-10,14,20,23H,3,6,11-13H2,1H3. The van der Waals surface area contributed by atoms with Gasteiger partial charge in [-0.25, -0.2) is 17.5 Å². The summed E-state index contributed by atoms with van der Waals surface area (Å²) in [6.07, 6.45) is 1.65. The van der Waals surface area contributed by atoms with Crippen molar-refractivity contribution in [1.29, 1.82) is 0 Å². The molecule has 1 atom stereocenters. The molecule has 1 aliphatic rings. The van der Waals surface area contributed by atoms with Gasteiger partial charge in [-0.1, -0.05) is 24.3 Å². The Morgan fingerprint density at radius 1 is 1.17 bits per heavy atom. The lowest BCUT2D eigenvalue weighted by Crippen LogP contribution is -2.34. The lowest BCUT2D eigenvalue weighted by atomic mass is 10.0. The second-order valence-electron chi connectivity index (χ2n) is 7.03. The number of ketones is 1. The fraction of sp³-hybridized carbons (Fsp3) is 0.333. The molecule has 154 valence electrons. The Hall–Kier alpha value is -2.58. The normalized spacial score (nSPS) is 16.8. The van der Waals surface area contributed by atoms with Gasteiger partial charge >= 0.3 is 0 Å². The Bertz CT molecular complexity index is 1010. The molecule has 0 radical (unpaired) electrons. The Morgan fingerprint density at radius 3 is 2.59 bits per heavy atom. The number of amides is 1. The van der Waals surface area contributed by atoms with Crippen molar-refractivity contribution < 1.29 is 22.4 Å². The molecule has 1 fully saturated rings. The van der Waals surface area contributed by atoms with E-state index >= 15 is 0 Å². The number of hydrogen-bond donors (Lipinski definition) is 1. The maximum Gasteiger partial charge on any atom is 0.240 e. The van der Waals surface area contributed by atoms with E-state index in [1.165, 1.54) is 37.3 Å². The zero-order chi connectivity index (χ0) is 21.0. The third-order valence-corrected chi connectivity index (χ3v) is 6.47. The molecular formula is C21H23FN2O4S. The average molecular weight is 418 g/mol. The van der Waals surface area contributed by atoms with Gasteiger partial charge in [-0.15, -0.1) is 0 Å². The number of benzene rings is 2. The molecule has 1 aliphatic heterocycles. The molecule has 1 amide bonds. The van der Waals surface area contributed by atoms with Crippen LogP contribution in [0.5, 0.6) is 0 Å². The minimum atomic E-state index is -3.82. The molecule has 1 heterocycles. The highest BCUT2D eigenvalue weighted by Gasteiger charge is 2.29.